The molecule has 188 valence electrons. The predicted molar refractivity (Wildman–Crippen MR) is 137 cm³/mol. The fourth-order valence-corrected chi connectivity index (χ4v) is 5.83. The molecular weight excluding hydrogens is 510 g/mol. The topological polar surface area (TPSA) is 78.2 Å². The van der Waals surface area contributed by atoms with Crippen molar-refractivity contribution in [3.05, 3.63) is 79.0 Å². The first kappa shape index (κ1) is 24.6. The minimum Gasteiger partial charge on any atom is -0.488 e. The Morgan fingerprint density at radius 2 is 2.06 bits per heavy atom. The smallest absolute Gasteiger partial charge is 0.331 e. The molecule has 1 saturated heterocycles. The summed E-state index contributed by atoms with van der Waals surface area (Å²) in [4.78, 5) is 30.0. The van der Waals surface area contributed by atoms with Crippen LogP contribution in [0.1, 0.15) is 16.9 Å². The molecular formula is C25H23ClF2N4O3S. The molecule has 1 aromatic carbocycles. The van der Waals surface area contributed by atoms with Crippen LogP contribution in [-0.2, 0) is 13.6 Å². The van der Waals surface area contributed by atoms with Gasteiger partial charge in [0.25, 0.3) is 11.5 Å². The van der Waals surface area contributed by atoms with Crippen LogP contribution in [0.3, 0.4) is 0 Å². The molecule has 4 heterocycles. The SMILES string of the molecule is Cc1cc(Cl)cc(-c2ccnc3cc(Cn4c(=O)ccn(C)c4=O)sc23)c1OC1CNCC(F)(F)C1. The highest BCUT2D eigenvalue weighted by molar-refractivity contribution is 7.19. The number of rotatable bonds is 5. The summed E-state index contributed by atoms with van der Waals surface area (Å²) >= 11 is 7.80. The molecule has 0 radical (unpaired) electrons. The Hall–Kier alpha value is -3.08. The Bertz CT molecular complexity index is 1580. The zero-order valence-corrected chi connectivity index (χ0v) is 21.1. The first-order valence-electron chi connectivity index (χ1n) is 11.3. The molecule has 11 heteroatoms. The molecule has 0 saturated carbocycles. The summed E-state index contributed by atoms with van der Waals surface area (Å²) < 4.78 is 37.5. The number of ether oxygens (including phenoxy) is 1. The van der Waals surface area contributed by atoms with Gasteiger partial charge >= 0.3 is 5.69 Å². The van der Waals surface area contributed by atoms with Crippen molar-refractivity contribution < 1.29 is 13.5 Å². The van der Waals surface area contributed by atoms with Crippen LogP contribution in [0.15, 0.2) is 52.3 Å². The second-order valence-corrected chi connectivity index (χ2v) is 10.5. The van der Waals surface area contributed by atoms with Gasteiger partial charge in [-0.3, -0.25) is 14.3 Å². The Morgan fingerprint density at radius 3 is 2.83 bits per heavy atom. The average Bonchev–Trinajstić information content (AvgIpc) is 3.23. The van der Waals surface area contributed by atoms with E-state index in [0.717, 1.165) is 20.7 Å². The van der Waals surface area contributed by atoms with Crippen molar-refractivity contribution in [2.45, 2.75) is 31.9 Å². The molecule has 36 heavy (non-hydrogen) atoms. The van der Waals surface area contributed by atoms with Crippen LogP contribution in [0.5, 0.6) is 5.75 Å². The Labute approximate surface area is 213 Å². The normalized spacial score (nSPS) is 17.4. The number of halogens is 3. The van der Waals surface area contributed by atoms with Crippen molar-refractivity contribution in [3.63, 3.8) is 0 Å². The molecule has 1 fully saturated rings. The number of alkyl halides is 2. The largest absolute Gasteiger partial charge is 0.488 e. The standard InChI is InChI=1S/C25H23ClF2N4O3S/c1-14-7-15(26)8-19(22(14)35-16-10-25(27,28)13-29-11-16)18-3-5-30-20-9-17(36-23(18)20)12-32-21(33)4-6-31(2)24(32)34/h3-9,16,29H,10-13H2,1-2H3. The number of aryl methyl sites for hydroxylation is 2. The molecule has 3 aromatic heterocycles. The predicted octanol–water partition coefficient (Wildman–Crippen LogP) is 4.21. The maximum Gasteiger partial charge on any atom is 0.331 e. The number of hydrogen-bond acceptors (Lipinski definition) is 6. The third-order valence-corrected chi connectivity index (χ3v) is 7.47. The highest BCUT2D eigenvalue weighted by Gasteiger charge is 2.37. The number of benzene rings is 1. The van der Waals surface area contributed by atoms with E-state index in [-0.39, 0.29) is 25.1 Å². The van der Waals surface area contributed by atoms with Gasteiger partial charge in [-0.2, -0.15) is 0 Å². The van der Waals surface area contributed by atoms with Crippen LogP contribution < -0.4 is 21.3 Å². The van der Waals surface area contributed by atoms with E-state index in [2.05, 4.69) is 10.3 Å². The van der Waals surface area contributed by atoms with E-state index in [9.17, 15) is 18.4 Å². The van der Waals surface area contributed by atoms with Crippen molar-refractivity contribution in [2.24, 2.45) is 7.05 Å². The molecule has 0 bridgehead atoms. The second-order valence-electron chi connectivity index (χ2n) is 8.95. The fraction of sp³-hybridized carbons (Fsp3) is 0.320. The van der Waals surface area contributed by atoms with Gasteiger partial charge in [-0.15, -0.1) is 11.3 Å². The second kappa shape index (κ2) is 9.42. The fourth-order valence-electron chi connectivity index (χ4n) is 4.42. The van der Waals surface area contributed by atoms with Gasteiger partial charge in [-0.05, 0) is 36.8 Å². The average molecular weight is 533 g/mol. The molecule has 1 aliphatic heterocycles. The minimum absolute atomic E-state index is 0.105. The van der Waals surface area contributed by atoms with Crippen molar-refractivity contribution in [3.8, 4) is 16.9 Å². The van der Waals surface area contributed by atoms with E-state index in [1.807, 2.05) is 19.1 Å². The monoisotopic (exact) mass is 532 g/mol. The van der Waals surface area contributed by atoms with Gasteiger partial charge in [0.1, 0.15) is 11.9 Å². The summed E-state index contributed by atoms with van der Waals surface area (Å²) in [6, 6.07) is 8.50. The molecule has 1 unspecified atom stereocenters. The highest BCUT2D eigenvalue weighted by Crippen LogP contribution is 2.42. The maximum absolute atomic E-state index is 14.0. The van der Waals surface area contributed by atoms with Crippen molar-refractivity contribution in [1.29, 1.82) is 0 Å². The van der Waals surface area contributed by atoms with Gasteiger partial charge in [0, 0.05) is 53.1 Å². The zero-order valence-electron chi connectivity index (χ0n) is 19.6. The summed E-state index contributed by atoms with van der Waals surface area (Å²) in [5.74, 6) is -2.36. The number of nitrogens with zero attached hydrogens (tertiary/aromatic N) is 3. The van der Waals surface area contributed by atoms with Gasteiger partial charge in [-0.1, -0.05) is 11.6 Å². The Balaban J connectivity index is 1.58. The number of hydrogen-bond donors (Lipinski definition) is 1. The summed E-state index contributed by atoms with van der Waals surface area (Å²) in [7, 11) is 1.59. The lowest BCUT2D eigenvalue weighted by Crippen LogP contribution is -2.48. The van der Waals surface area contributed by atoms with Crippen LogP contribution in [0.4, 0.5) is 8.78 Å². The quantitative estimate of drug-likeness (QED) is 0.416. The van der Waals surface area contributed by atoms with E-state index in [1.165, 1.54) is 32.7 Å². The summed E-state index contributed by atoms with van der Waals surface area (Å²) in [6.45, 7) is 1.88. The third kappa shape index (κ3) is 4.80. The molecule has 0 spiro atoms. The molecule has 7 nitrogen and oxygen atoms in total. The number of piperidine rings is 1. The first-order valence-corrected chi connectivity index (χ1v) is 12.5. The number of thiophene rings is 1. The van der Waals surface area contributed by atoms with Gasteiger partial charge in [0.2, 0.25) is 0 Å². The Morgan fingerprint density at radius 1 is 1.25 bits per heavy atom. The van der Waals surface area contributed by atoms with Gasteiger partial charge < -0.3 is 14.6 Å². The number of pyridine rings is 1. The molecule has 0 amide bonds. The lowest BCUT2D eigenvalue weighted by molar-refractivity contribution is -0.0568. The van der Waals surface area contributed by atoms with E-state index in [0.29, 0.717) is 28.4 Å². The van der Waals surface area contributed by atoms with Crippen LogP contribution in [0.2, 0.25) is 5.02 Å². The molecule has 1 atom stereocenters. The van der Waals surface area contributed by atoms with E-state index >= 15 is 0 Å². The number of nitrogens with one attached hydrogen (secondary N) is 1. The first-order chi connectivity index (χ1) is 17.1. The summed E-state index contributed by atoms with van der Waals surface area (Å²) in [5, 5.41) is 3.23. The van der Waals surface area contributed by atoms with Crippen molar-refractivity contribution >= 4 is 33.2 Å². The number of aromatic nitrogens is 3. The van der Waals surface area contributed by atoms with E-state index < -0.39 is 17.7 Å². The summed E-state index contributed by atoms with van der Waals surface area (Å²) in [5.41, 5.74) is 2.06. The van der Waals surface area contributed by atoms with Crippen LogP contribution in [0, 0.1) is 6.92 Å². The third-order valence-electron chi connectivity index (χ3n) is 6.11. The molecule has 1 N–H and O–H groups in total. The Kier molecular flexibility index (Phi) is 6.44. The highest BCUT2D eigenvalue weighted by atomic mass is 35.5. The van der Waals surface area contributed by atoms with Gasteiger partial charge in [0.05, 0.1) is 29.7 Å². The van der Waals surface area contributed by atoms with Crippen LogP contribution in [-0.4, -0.2) is 39.2 Å². The maximum atomic E-state index is 14.0. The number of fused-ring (bicyclic) bond motifs is 1. The van der Waals surface area contributed by atoms with Crippen LogP contribution >= 0.6 is 22.9 Å². The molecule has 4 aromatic rings. The van der Waals surface area contributed by atoms with Crippen molar-refractivity contribution in [1.82, 2.24) is 19.4 Å². The summed E-state index contributed by atoms with van der Waals surface area (Å²) in [6.07, 6.45) is 2.01. The molecule has 5 rings (SSSR count). The lowest BCUT2D eigenvalue weighted by Gasteiger charge is -2.31. The van der Waals surface area contributed by atoms with E-state index in [4.69, 9.17) is 16.3 Å². The van der Waals surface area contributed by atoms with E-state index in [1.54, 1.807) is 25.4 Å². The van der Waals surface area contributed by atoms with Gasteiger partial charge in [0.15, 0.2) is 0 Å². The van der Waals surface area contributed by atoms with Crippen molar-refractivity contribution in [2.75, 3.05) is 13.1 Å². The van der Waals surface area contributed by atoms with Crippen LogP contribution in [0.25, 0.3) is 21.3 Å². The van der Waals surface area contributed by atoms with Gasteiger partial charge in [-0.25, -0.2) is 13.6 Å². The molecule has 0 aliphatic carbocycles. The minimum atomic E-state index is -2.84. The molecule has 1 aliphatic rings. The zero-order chi connectivity index (χ0) is 25.6. The lowest BCUT2D eigenvalue weighted by atomic mass is 10.0.